The fourth-order valence-electron chi connectivity index (χ4n) is 1.97. The molecule has 0 aromatic rings. The summed E-state index contributed by atoms with van der Waals surface area (Å²) in [5.41, 5.74) is -0.649. The first kappa shape index (κ1) is 12.5. The van der Waals surface area contributed by atoms with Gasteiger partial charge in [0.25, 0.3) is 0 Å². The van der Waals surface area contributed by atoms with Crippen molar-refractivity contribution in [3.63, 3.8) is 0 Å². The molecule has 0 bridgehead atoms. The number of hydrogen-bond donors (Lipinski definition) is 2. The average molecular weight is 214 g/mol. The minimum atomic E-state index is -0.689. The second-order valence-corrected chi connectivity index (χ2v) is 4.79. The molecule has 1 fully saturated rings. The quantitative estimate of drug-likeness (QED) is 0.714. The lowest BCUT2D eigenvalue weighted by atomic mass is 9.97. The summed E-state index contributed by atoms with van der Waals surface area (Å²) in [5, 5.41) is 12.5. The van der Waals surface area contributed by atoms with Crippen molar-refractivity contribution in [2.45, 2.75) is 44.2 Å². The normalized spacial score (nSPS) is 21.9. The molecule has 0 heterocycles. The second kappa shape index (κ2) is 4.94. The zero-order chi connectivity index (χ0) is 11.5. The summed E-state index contributed by atoms with van der Waals surface area (Å²) in [6.07, 6.45) is 3.58. The van der Waals surface area contributed by atoms with Gasteiger partial charge >= 0.3 is 5.97 Å². The molecule has 0 aliphatic heterocycles. The Morgan fingerprint density at radius 1 is 1.47 bits per heavy atom. The molecule has 1 rings (SSSR count). The minimum absolute atomic E-state index is 0.363. The Balaban J connectivity index is 2.50. The van der Waals surface area contributed by atoms with Gasteiger partial charge in [-0.3, -0.25) is 4.79 Å². The number of hydrogen-bond acceptors (Lipinski definition) is 3. The molecular formula is C11H22N2O2. The van der Waals surface area contributed by atoms with Crippen molar-refractivity contribution in [1.29, 1.82) is 0 Å². The van der Waals surface area contributed by atoms with Gasteiger partial charge in [-0.1, -0.05) is 12.8 Å². The zero-order valence-electron chi connectivity index (χ0n) is 9.92. The molecule has 1 unspecified atom stereocenters. The highest BCUT2D eigenvalue weighted by Crippen LogP contribution is 2.29. The minimum Gasteiger partial charge on any atom is -0.480 e. The molecule has 1 atom stereocenters. The molecule has 2 N–H and O–H groups in total. The van der Waals surface area contributed by atoms with E-state index in [1.807, 2.05) is 14.1 Å². The monoisotopic (exact) mass is 214 g/mol. The second-order valence-electron chi connectivity index (χ2n) is 4.79. The standard InChI is InChI=1S/C11H22N2O2/c1-9(13(2)3)8-12-11(10(14)15)6-4-5-7-11/h9,12H,4-8H2,1-3H3,(H,14,15). The Morgan fingerprint density at radius 3 is 2.40 bits per heavy atom. The molecule has 4 nitrogen and oxygen atoms in total. The van der Waals surface area contributed by atoms with Crippen LogP contribution in [0.25, 0.3) is 0 Å². The van der Waals surface area contributed by atoms with E-state index >= 15 is 0 Å². The Labute approximate surface area is 91.6 Å². The van der Waals surface area contributed by atoms with Crippen LogP contribution in [0.4, 0.5) is 0 Å². The van der Waals surface area contributed by atoms with Crippen molar-refractivity contribution in [2.75, 3.05) is 20.6 Å². The van der Waals surface area contributed by atoms with E-state index in [-0.39, 0.29) is 0 Å². The van der Waals surface area contributed by atoms with E-state index in [0.29, 0.717) is 6.04 Å². The van der Waals surface area contributed by atoms with Gasteiger partial charge < -0.3 is 15.3 Å². The molecule has 0 spiro atoms. The number of carboxylic acid groups (broad SMARTS) is 1. The fraction of sp³-hybridized carbons (Fsp3) is 0.909. The fourth-order valence-corrected chi connectivity index (χ4v) is 1.97. The van der Waals surface area contributed by atoms with E-state index in [2.05, 4.69) is 17.1 Å². The maximum absolute atomic E-state index is 11.2. The molecule has 0 radical (unpaired) electrons. The van der Waals surface area contributed by atoms with Crippen LogP contribution >= 0.6 is 0 Å². The van der Waals surface area contributed by atoms with Crippen LogP contribution in [0.5, 0.6) is 0 Å². The van der Waals surface area contributed by atoms with Gasteiger partial charge in [-0.2, -0.15) is 0 Å². The third-order valence-electron chi connectivity index (χ3n) is 3.48. The smallest absolute Gasteiger partial charge is 0.323 e. The SMILES string of the molecule is CC(CNC1(C(=O)O)CCCC1)N(C)C. The number of carboxylic acids is 1. The van der Waals surface area contributed by atoms with Crippen LogP contribution in [0.15, 0.2) is 0 Å². The lowest BCUT2D eigenvalue weighted by molar-refractivity contribution is -0.144. The van der Waals surface area contributed by atoms with Gasteiger partial charge in [0.2, 0.25) is 0 Å². The lowest BCUT2D eigenvalue weighted by Crippen LogP contribution is -2.53. The molecule has 4 heteroatoms. The van der Waals surface area contributed by atoms with Gasteiger partial charge in [-0.15, -0.1) is 0 Å². The number of aliphatic carboxylic acids is 1. The van der Waals surface area contributed by atoms with E-state index in [9.17, 15) is 9.90 Å². The summed E-state index contributed by atoms with van der Waals surface area (Å²) in [5.74, 6) is -0.689. The molecule has 1 saturated carbocycles. The maximum Gasteiger partial charge on any atom is 0.323 e. The third-order valence-corrected chi connectivity index (χ3v) is 3.48. The van der Waals surface area contributed by atoms with Gasteiger partial charge in [0, 0.05) is 12.6 Å². The topological polar surface area (TPSA) is 52.6 Å². The van der Waals surface area contributed by atoms with Crippen molar-refractivity contribution in [1.82, 2.24) is 10.2 Å². The van der Waals surface area contributed by atoms with Gasteiger partial charge in [-0.25, -0.2) is 0 Å². The van der Waals surface area contributed by atoms with Crippen molar-refractivity contribution in [3.05, 3.63) is 0 Å². The number of nitrogens with one attached hydrogen (secondary N) is 1. The zero-order valence-corrected chi connectivity index (χ0v) is 9.92. The highest BCUT2D eigenvalue weighted by atomic mass is 16.4. The Bertz CT molecular complexity index is 223. The predicted molar refractivity (Wildman–Crippen MR) is 60.0 cm³/mol. The third kappa shape index (κ3) is 2.92. The average Bonchev–Trinajstić information content (AvgIpc) is 2.63. The molecule has 0 aromatic heterocycles. The number of rotatable bonds is 5. The highest BCUT2D eigenvalue weighted by Gasteiger charge is 2.40. The van der Waals surface area contributed by atoms with Crippen LogP contribution in [0.2, 0.25) is 0 Å². The van der Waals surface area contributed by atoms with E-state index in [1.54, 1.807) is 0 Å². The van der Waals surface area contributed by atoms with Crippen LogP contribution in [0.3, 0.4) is 0 Å². The van der Waals surface area contributed by atoms with Crippen LogP contribution in [-0.2, 0) is 4.79 Å². The van der Waals surface area contributed by atoms with Crippen molar-refractivity contribution in [3.8, 4) is 0 Å². The summed E-state index contributed by atoms with van der Waals surface area (Å²) in [7, 11) is 4.02. The largest absolute Gasteiger partial charge is 0.480 e. The van der Waals surface area contributed by atoms with Crippen LogP contribution < -0.4 is 5.32 Å². The first-order chi connectivity index (χ1) is 6.98. The van der Waals surface area contributed by atoms with Crippen LogP contribution in [0, 0.1) is 0 Å². The van der Waals surface area contributed by atoms with Gasteiger partial charge in [0.15, 0.2) is 0 Å². The number of likely N-dealkylation sites (N-methyl/N-ethyl adjacent to an activating group) is 1. The Hall–Kier alpha value is -0.610. The Morgan fingerprint density at radius 2 is 2.00 bits per heavy atom. The molecule has 0 amide bonds. The van der Waals surface area contributed by atoms with E-state index in [4.69, 9.17) is 0 Å². The molecule has 88 valence electrons. The maximum atomic E-state index is 11.2. The summed E-state index contributed by atoms with van der Waals surface area (Å²) < 4.78 is 0. The molecule has 15 heavy (non-hydrogen) atoms. The first-order valence-electron chi connectivity index (χ1n) is 5.63. The van der Waals surface area contributed by atoms with E-state index < -0.39 is 11.5 Å². The number of nitrogens with zero attached hydrogens (tertiary/aromatic N) is 1. The first-order valence-corrected chi connectivity index (χ1v) is 5.63. The van der Waals surface area contributed by atoms with Gasteiger partial charge in [0.1, 0.15) is 5.54 Å². The molecular weight excluding hydrogens is 192 g/mol. The van der Waals surface area contributed by atoms with Gasteiger partial charge in [-0.05, 0) is 33.9 Å². The van der Waals surface area contributed by atoms with Crippen LogP contribution in [0.1, 0.15) is 32.6 Å². The number of carbonyl (C=O) groups is 1. The van der Waals surface area contributed by atoms with Crippen LogP contribution in [-0.4, -0.2) is 48.2 Å². The molecule has 1 aliphatic rings. The van der Waals surface area contributed by atoms with E-state index in [1.165, 1.54) is 0 Å². The summed E-state index contributed by atoms with van der Waals surface area (Å²) in [4.78, 5) is 13.3. The van der Waals surface area contributed by atoms with Crippen molar-refractivity contribution >= 4 is 5.97 Å². The van der Waals surface area contributed by atoms with Crippen molar-refractivity contribution < 1.29 is 9.90 Å². The highest BCUT2D eigenvalue weighted by molar-refractivity contribution is 5.79. The Kier molecular flexibility index (Phi) is 4.11. The summed E-state index contributed by atoms with van der Waals surface area (Å²) >= 11 is 0. The lowest BCUT2D eigenvalue weighted by Gasteiger charge is -2.29. The summed E-state index contributed by atoms with van der Waals surface area (Å²) in [6, 6.07) is 0.363. The predicted octanol–water partition coefficient (Wildman–Crippen LogP) is 0.923. The summed E-state index contributed by atoms with van der Waals surface area (Å²) in [6.45, 7) is 2.83. The molecule has 1 aliphatic carbocycles. The van der Waals surface area contributed by atoms with E-state index in [0.717, 1.165) is 32.2 Å². The molecule has 0 saturated heterocycles. The van der Waals surface area contributed by atoms with Gasteiger partial charge in [0.05, 0.1) is 0 Å². The van der Waals surface area contributed by atoms with Crippen molar-refractivity contribution in [2.24, 2.45) is 0 Å². The molecule has 0 aromatic carbocycles.